The number of rotatable bonds is 4. The highest BCUT2D eigenvalue weighted by Gasteiger charge is 2.38. The first-order chi connectivity index (χ1) is 24.7. The lowest BCUT2D eigenvalue weighted by Gasteiger charge is -2.43. The number of hydrogen-bond donors (Lipinski definition) is 1. The van der Waals surface area contributed by atoms with Crippen LogP contribution in [0.2, 0.25) is 5.02 Å². The third-order valence-electron chi connectivity index (χ3n) is 10.2. The van der Waals surface area contributed by atoms with Gasteiger partial charge < -0.3 is 19.1 Å². The predicted octanol–water partition coefficient (Wildman–Crippen LogP) is 6.39. The van der Waals surface area contributed by atoms with Crippen molar-refractivity contribution in [2.75, 3.05) is 42.7 Å². The fourth-order valence-electron chi connectivity index (χ4n) is 7.28. The summed E-state index contributed by atoms with van der Waals surface area (Å²) in [6.45, 7) is 1.87. The molecule has 1 fully saturated rings. The molecule has 4 heterocycles. The molecule has 2 aliphatic heterocycles. The van der Waals surface area contributed by atoms with Crippen LogP contribution < -0.4 is 14.4 Å². The number of carbonyl (C=O) groups is 1. The fourth-order valence-corrected chi connectivity index (χ4v) is 9.10. The van der Waals surface area contributed by atoms with Gasteiger partial charge in [0.25, 0.3) is 5.91 Å². The van der Waals surface area contributed by atoms with Crippen molar-refractivity contribution >= 4 is 50.0 Å². The van der Waals surface area contributed by atoms with Crippen LogP contribution in [0.25, 0.3) is 11.0 Å². The largest absolute Gasteiger partial charge is 0.491 e. The monoisotopic (exact) mass is 733 g/mol. The molecule has 2 aromatic heterocycles. The van der Waals surface area contributed by atoms with E-state index in [0.29, 0.717) is 52.9 Å². The van der Waals surface area contributed by atoms with Crippen LogP contribution in [0, 0.1) is 11.8 Å². The van der Waals surface area contributed by atoms with Crippen LogP contribution in [0.5, 0.6) is 5.75 Å². The van der Waals surface area contributed by atoms with Crippen LogP contribution in [0.4, 0.5) is 11.5 Å². The molecule has 5 atom stereocenters. The van der Waals surface area contributed by atoms with E-state index in [1.165, 1.54) is 17.5 Å². The number of benzene rings is 2. The summed E-state index contributed by atoms with van der Waals surface area (Å²) >= 11 is 6.48. The number of carbonyl (C=O) groups excluding carboxylic acids is 1. The average molecular weight is 734 g/mol. The van der Waals surface area contributed by atoms with Gasteiger partial charge in [0.1, 0.15) is 22.0 Å². The molecule has 2 aromatic carbocycles. The number of methoxy groups -OCH3 is 2. The van der Waals surface area contributed by atoms with Crippen LogP contribution >= 0.6 is 11.6 Å². The molecule has 7 rings (SSSR count). The van der Waals surface area contributed by atoms with Crippen molar-refractivity contribution in [1.82, 2.24) is 19.7 Å². The second-order valence-corrected chi connectivity index (χ2v) is 16.0. The number of hydrogen-bond acceptors (Lipinski definition) is 9. The van der Waals surface area contributed by atoms with Gasteiger partial charge in [0.15, 0.2) is 11.5 Å². The normalized spacial score (nSPS) is 26.4. The van der Waals surface area contributed by atoms with E-state index in [0.717, 1.165) is 44.3 Å². The standard InChI is InChI=1S/C37H44ClN7O5S/c1-44-22-31-35(41-44)39-23-40-36(31)42-51(47)17-15-29(48-2)11-14-33(49-3)30-12-8-27(30)21-45-20-26-7-10-28(38)18-24(26)6-4-5-16-50-34-13-9-25(19-32(34)45)37(46)43-51/h7,9-11,13-14,18-19,22-23,27,29-30,33H,4-6,8,12,15-17,20-21H2,1-3H3,(H,39,40,41,42,43,46,47)/b14-11+/t27-,29-,30+,33-,51+/m0/s1. The van der Waals surface area contributed by atoms with Gasteiger partial charge in [-0.1, -0.05) is 29.8 Å². The number of halogens is 1. The quantitative estimate of drug-likeness (QED) is 0.237. The van der Waals surface area contributed by atoms with Crippen LogP contribution in [0.15, 0.2) is 65.4 Å². The summed E-state index contributed by atoms with van der Waals surface area (Å²) in [5.41, 5.74) is 3.94. The number of aromatic nitrogens is 4. The molecule has 1 amide bonds. The Hall–Kier alpha value is -4.04. The van der Waals surface area contributed by atoms with Crippen LogP contribution in [0.3, 0.4) is 0 Å². The summed E-state index contributed by atoms with van der Waals surface area (Å²) in [6, 6.07) is 11.5. The molecule has 0 spiro atoms. The number of nitrogens with zero attached hydrogens (tertiary/aromatic N) is 6. The summed E-state index contributed by atoms with van der Waals surface area (Å²) in [5.74, 6) is 1.01. The first-order valence-electron chi connectivity index (χ1n) is 17.5. The van der Waals surface area contributed by atoms with E-state index in [1.807, 2.05) is 24.3 Å². The van der Waals surface area contributed by atoms with Crippen molar-refractivity contribution < 1.29 is 23.2 Å². The number of anilines is 2. The number of amides is 1. The number of nitrogens with one attached hydrogen (secondary N) is 1. The maximum atomic E-state index is 14.8. The Balaban J connectivity index is 1.35. The second kappa shape index (κ2) is 15.3. The van der Waals surface area contributed by atoms with Gasteiger partial charge in [0.05, 0.1) is 35.6 Å². The zero-order chi connectivity index (χ0) is 35.5. The molecule has 12 nitrogen and oxygen atoms in total. The maximum absolute atomic E-state index is 14.8. The molecule has 1 N–H and O–H groups in total. The zero-order valence-corrected chi connectivity index (χ0v) is 30.7. The predicted molar refractivity (Wildman–Crippen MR) is 199 cm³/mol. The molecule has 270 valence electrons. The van der Waals surface area contributed by atoms with Crippen molar-refractivity contribution in [1.29, 1.82) is 0 Å². The number of ether oxygens (including phenoxy) is 3. The van der Waals surface area contributed by atoms with Gasteiger partial charge in [-0.25, -0.2) is 14.2 Å². The lowest BCUT2D eigenvalue weighted by Crippen LogP contribution is -2.43. The second-order valence-electron chi connectivity index (χ2n) is 13.5. The van der Waals surface area contributed by atoms with E-state index in [-0.39, 0.29) is 29.7 Å². The lowest BCUT2D eigenvalue weighted by molar-refractivity contribution is 0.0126. The summed E-state index contributed by atoms with van der Waals surface area (Å²) < 4.78 is 42.1. The van der Waals surface area contributed by atoms with Crippen molar-refractivity contribution in [3.05, 3.63) is 82.8 Å². The Kier molecular flexibility index (Phi) is 10.6. The minimum atomic E-state index is -3.43. The highest BCUT2D eigenvalue weighted by atomic mass is 35.5. The highest BCUT2D eigenvalue weighted by molar-refractivity contribution is 7.95. The molecule has 1 aliphatic carbocycles. The van der Waals surface area contributed by atoms with Gasteiger partial charge >= 0.3 is 0 Å². The summed E-state index contributed by atoms with van der Waals surface area (Å²) in [6.07, 6.45) is 11.8. The van der Waals surface area contributed by atoms with E-state index < -0.39 is 15.8 Å². The van der Waals surface area contributed by atoms with Crippen molar-refractivity contribution in [3.8, 4) is 5.75 Å². The van der Waals surface area contributed by atoms with E-state index in [9.17, 15) is 9.00 Å². The van der Waals surface area contributed by atoms with Gasteiger partial charge in [-0.3, -0.25) is 14.2 Å². The Bertz CT molecular complexity index is 2060. The summed E-state index contributed by atoms with van der Waals surface area (Å²) in [4.78, 5) is 25.0. The smallest absolute Gasteiger partial charge is 0.286 e. The zero-order valence-electron chi connectivity index (χ0n) is 29.2. The van der Waals surface area contributed by atoms with Crippen LogP contribution in [0.1, 0.15) is 53.6 Å². The van der Waals surface area contributed by atoms with Crippen LogP contribution in [-0.2, 0) is 39.4 Å². The van der Waals surface area contributed by atoms with E-state index in [1.54, 1.807) is 38.2 Å². The average Bonchev–Trinajstić information content (AvgIpc) is 3.49. The van der Waals surface area contributed by atoms with E-state index in [2.05, 4.69) is 47.3 Å². The van der Waals surface area contributed by atoms with Gasteiger partial charge in [0, 0.05) is 51.1 Å². The summed E-state index contributed by atoms with van der Waals surface area (Å²) in [5, 5.41) is 5.63. The first-order valence-corrected chi connectivity index (χ1v) is 19.5. The van der Waals surface area contributed by atoms with Gasteiger partial charge in [-0.2, -0.15) is 5.10 Å². The van der Waals surface area contributed by atoms with Gasteiger partial charge in [-0.15, -0.1) is 4.36 Å². The number of aryl methyl sites for hydroxylation is 2. The molecule has 0 saturated heterocycles. The topological polar surface area (TPSA) is 133 Å². The Morgan fingerprint density at radius 1 is 1.02 bits per heavy atom. The minimum Gasteiger partial charge on any atom is -0.491 e. The van der Waals surface area contributed by atoms with Crippen LogP contribution in [-0.4, -0.2) is 75.2 Å². The van der Waals surface area contributed by atoms with E-state index >= 15 is 0 Å². The molecule has 0 radical (unpaired) electrons. The third-order valence-corrected chi connectivity index (χ3v) is 12.2. The molecule has 0 unspecified atom stereocenters. The molecule has 4 aromatic rings. The minimum absolute atomic E-state index is 0.0105. The number of fused-ring (bicyclic) bond motifs is 4. The van der Waals surface area contributed by atoms with Crippen molar-refractivity contribution in [2.45, 2.75) is 57.3 Å². The van der Waals surface area contributed by atoms with E-state index in [4.69, 9.17) is 25.8 Å². The Labute approximate surface area is 303 Å². The van der Waals surface area contributed by atoms with Gasteiger partial charge in [0.2, 0.25) is 0 Å². The molecule has 14 heteroatoms. The molecule has 1 saturated carbocycles. The third kappa shape index (κ3) is 7.91. The molecule has 2 bridgehead atoms. The Morgan fingerprint density at radius 2 is 1.90 bits per heavy atom. The highest BCUT2D eigenvalue weighted by Crippen LogP contribution is 2.42. The molecular formula is C37H44ClN7O5S. The molecular weight excluding hydrogens is 690 g/mol. The fraction of sp³-hybridized carbons (Fsp3) is 0.459. The SMILES string of the molecule is CO[C@H]1/C=C/[C@H](OC)CC[S@@](=O)(Nc2ncnc3nn(C)cc23)=NC(=O)c2ccc3c(c2)N(Cc2ccc(Cl)cc2CCCCO3)C[C@@H]2CC[C@H]21. The van der Waals surface area contributed by atoms with Gasteiger partial charge in [-0.05, 0) is 91.8 Å². The van der Waals surface area contributed by atoms with Crippen molar-refractivity contribution in [2.24, 2.45) is 23.2 Å². The Morgan fingerprint density at radius 3 is 2.71 bits per heavy atom. The molecule has 51 heavy (non-hydrogen) atoms. The molecule has 3 aliphatic rings. The lowest BCUT2D eigenvalue weighted by atomic mass is 9.70. The maximum Gasteiger partial charge on any atom is 0.286 e. The van der Waals surface area contributed by atoms with Crippen molar-refractivity contribution in [3.63, 3.8) is 0 Å². The summed E-state index contributed by atoms with van der Waals surface area (Å²) in [7, 11) is 1.70. The first kappa shape index (κ1) is 35.4.